The van der Waals surface area contributed by atoms with Gasteiger partial charge in [-0.3, -0.25) is 4.79 Å². The Morgan fingerprint density at radius 3 is 2.63 bits per heavy atom. The minimum absolute atomic E-state index is 0.163. The van der Waals surface area contributed by atoms with E-state index in [1.165, 1.54) is 19.3 Å². The Hall–Kier alpha value is -0.610. The predicted octanol–water partition coefficient (Wildman–Crippen LogP) is 1.43. The second-order valence-corrected chi connectivity index (χ2v) is 6.15. The molecule has 0 aromatic rings. The SMILES string of the molecule is O=C(CCC1CCNCC1)NCC1CCCCC1O. The summed E-state index contributed by atoms with van der Waals surface area (Å²) in [5, 5.41) is 16.2. The van der Waals surface area contributed by atoms with Gasteiger partial charge in [0.05, 0.1) is 6.10 Å². The van der Waals surface area contributed by atoms with Crippen molar-refractivity contribution in [1.82, 2.24) is 10.6 Å². The Morgan fingerprint density at radius 2 is 1.89 bits per heavy atom. The second-order valence-electron chi connectivity index (χ2n) is 6.15. The Labute approximate surface area is 116 Å². The fourth-order valence-electron chi connectivity index (χ4n) is 3.27. The number of nitrogens with one attached hydrogen (secondary N) is 2. The second kappa shape index (κ2) is 7.85. The van der Waals surface area contributed by atoms with Crippen molar-refractivity contribution in [3.8, 4) is 0 Å². The van der Waals surface area contributed by atoms with Crippen LogP contribution in [-0.4, -0.2) is 36.8 Å². The number of carbonyl (C=O) groups excluding carboxylic acids is 1. The molecular weight excluding hydrogens is 240 g/mol. The summed E-state index contributed by atoms with van der Waals surface area (Å²) in [6.07, 6.45) is 8.12. The summed E-state index contributed by atoms with van der Waals surface area (Å²) in [4.78, 5) is 11.8. The third-order valence-corrected chi connectivity index (χ3v) is 4.67. The zero-order valence-electron chi connectivity index (χ0n) is 11.9. The smallest absolute Gasteiger partial charge is 0.220 e. The van der Waals surface area contributed by atoms with Crippen LogP contribution in [0.3, 0.4) is 0 Å². The van der Waals surface area contributed by atoms with Crippen LogP contribution in [0.25, 0.3) is 0 Å². The Balaban J connectivity index is 1.58. The van der Waals surface area contributed by atoms with Crippen LogP contribution in [0.1, 0.15) is 51.4 Å². The molecule has 2 aliphatic rings. The highest BCUT2D eigenvalue weighted by Crippen LogP contribution is 2.23. The molecule has 19 heavy (non-hydrogen) atoms. The molecule has 1 saturated carbocycles. The van der Waals surface area contributed by atoms with E-state index in [1.54, 1.807) is 0 Å². The Morgan fingerprint density at radius 1 is 1.16 bits per heavy atom. The number of piperidine rings is 1. The molecule has 1 aliphatic heterocycles. The lowest BCUT2D eigenvalue weighted by Crippen LogP contribution is -2.37. The standard InChI is InChI=1S/C15H28N2O2/c18-14-4-2-1-3-13(14)11-17-15(19)6-5-12-7-9-16-10-8-12/h12-14,16,18H,1-11H2,(H,17,19). The zero-order chi connectivity index (χ0) is 13.5. The van der Waals surface area contributed by atoms with Gasteiger partial charge >= 0.3 is 0 Å². The van der Waals surface area contributed by atoms with E-state index in [0.717, 1.165) is 38.8 Å². The third-order valence-electron chi connectivity index (χ3n) is 4.67. The first-order valence-corrected chi connectivity index (χ1v) is 7.91. The summed E-state index contributed by atoms with van der Waals surface area (Å²) in [7, 11) is 0. The number of carbonyl (C=O) groups is 1. The molecule has 110 valence electrons. The molecule has 0 bridgehead atoms. The molecule has 2 rings (SSSR count). The number of hydrogen-bond donors (Lipinski definition) is 3. The summed E-state index contributed by atoms with van der Waals surface area (Å²) >= 11 is 0. The van der Waals surface area contributed by atoms with Crippen molar-refractivity contribution in [2.45, 2.75) is 57.5 Å². The first-order valence-electron chi connectivity index (χ1n) is 7.91. The van der Waals surface area contributed by atoms with Gasteiger partial charge in [-0.2, -0.15) is 0 Å². The molecule has 4 heteroatoms. The highest BCUT2D eigenvalue weighted by atomic mass is 16.3. The van der Waals surface area contributed by atoms with Crippen LogP contribution < -0.4 is 10.6 Å². The van der Waals surface area contributed by atoms with Crippen LogP contribution in [0.4, 0.5) is 0 Å². The molecule has 0 spiro atoms. The highest BCUT2D eigenvalue weighted by Gasteiger charge is 2.23. The lowest BCUT2D eigenvalue weighted by atomic mass is 9.86. The number of rotatable bonds is 5. The van der Waals surface area contributed by atoms with Crippen molar-refractivity contribution < 1.29 is 9.90 Å². The minimum Gasteiger partial charge on any atom is -0.393 e. The van der Waals surface area contributed by atoms with E-state index in [-0.39, 0.29) is 17.9 Å². The van der Waals surface area contributed by atoms with Gasteiger partial charge in [-0.25, -0.2) is 0 Å². The maximum absolute atomic E-state index is 11.8. The molecule has 0 aromatic heterocycles. The quantitative estimate of drug-likeness (QED) is 0.707. The van der Waals surface area contributed by atoms with Crippen molar-refractivity contribution in [3.63, 3.8) is 0 Å². The van der Waals surface area contributed by atoms with Crippen molar-refractivity contribution >= 4 is 5.91 Å². The van der Waals surface area contributed by atoms with Crippen molar-refractivity contribution in [2.24, 2.45) is 11.8 Å². The van der Waals surface area contributed by atoms with Crippen molar-refractivity contribution in [1.29, 1.82) is 0 Å². The average molecular weight is 268 g/mol. The van der Waals surface area contributed by atoms with Gasteiger partial charge in [0.1, 0.15) is 0 Å². The fourth-order valence-corrected chi connectivity index (χ4v) is 3.27. The van der Waals surface area contributed by atoms with Crippen LogP contribution >= 0.6 is 0 Å². The van der Waals surface area contributed by atoms with Gasteiger partial charge in [-0.1, -0.05) is 12.8 Å². The molecule has 4 nitrogen and oxygen atoms in total. The fraction of sp³-hybridized carbons (Fsp3) is 0.933. The molecule has 1 saturated heterocycles. The van der Waals surface area contributed by atoms with E-state index < -0.39 is 0 Å². The summed E-state index contributed by atoms with van der Waals surface area (Å²) in [5.41, 5.74) is 0. The van der Waals surface area contributed by atoms with Crippen LogP contribution in [0.2, 0.25) is 0 Å². The number of amides is 1. The lowest BCUT2D eigenvalue weighted by molar-refractivity contribution is -0.121. The van der Waals surface area contributed by atoms with Gasteiger partial charge in [0, 0.05) is 18.9 Å². The largest absolute Gasteiger partial charge is 0.393 e. The normalized spacial score (nSPS) is 29.1. The van der Waals surface area contributed by atoms with Crippen LogP contribution in [-0.2, 0) is 4.79 Å². The number of aliphatic hydroxyl groups is 1. The minimum atomic E-state index is -0.210. The van der Waals surface area contributed by atoms with Gasteiger partial charge in [-0.05, 0) is 51.1 Å². The summed E-state index contributed by atoms with van der Waals surface area (Å²) in [6.45, 7) is 2.85. The average Bonchev–Trinajstić information content (AvgIpc) is 2.45. The Bertz CT molecular complexity index is 277. The van der Waals surface area contributed by atoms with E-state index in [2.05, 4.69) is 10.6 Å². The Kier molecular flexibility index (Phi) is 6.11. The van der Waals surface area contributed by atoms with Gasteiger partial charge in [0.2, 0.25) is 5.91 Å². The van der Waals surface area contributed by atoms with Gasteiger partial charge in [0.25, 0.3) is 0 Å². The zero-order valence-corrected chi connectivity index (χ0v) is 11.9. The molecular formula is C15H28N2O2. The predicted molar refractivity (Wildman–Crippen MR) is 75.8 cm³/mol. The third kappa shape index (κ3) is 5.11. The summed E-state index contributed by atoms with van der Waals surface area (Å²) < 4.78 is 0. The van der Waals surface area contributed by atoms with Gasteiger partial charge < -0.3 is 15.7 Å². The summed E-state index contributed by atoms with van der Waals surface area (Å²) in [6, 6.07) is 0. The maximum Gasteiger partial charge on any atom is 0.220 e. The molecule has 2 fully saturated rings. The van der Waals surface area contributed by atoms with E-state index >= 15 is 0 Å². The monoisotopic (exact) mass is 268 g/mol. The molecule has 3 N–H and O–H groups in total. The molecule has 0 radical (unpaired) electrons. The molecule has 1 amide bonds. The van der Waals surface area contributed by atoms with E-state index in [4.69, 9.17) is 0 Å². The van der Waals surface area contributed by atoms with E-state index in [0.29, 0.717) is 18.9 Å². The van der Waals surface area contributed by atoms with Crippen molar-refractivity contribution in [2.75, 3.05) is 19.6 Å². The van der Waals surface area contributed by atoms with Gasteiger partial charge in [-0.15, -0.1) is 0 Å². The highest BCUT2D eigenvalue weighted by molar-refractivity contribution is 5.75. The van der Waals surface area contributed by atoms with Crippen LogP contribution in [0, 0.1) is 11.8 Å². The number of aliphatic hydroxyl groups excluding tert-OH is 1. The topological polar surface area (TPSA) is 61.4 Å². The van der Waals surface area contributed by atoms with E-state index in [9.17, 15) is 9.90 Å². The molecule has 1 heterocycles. The number of hydrogen-bond acceptors (Lipinski definition) is 3. The first kappa shape index (κ1) is 14.8. The van der Waals surface area contributed by atoms with Crippen LogP contribution in [0.15, 0.2) is 0 Å². The van der Waals surface area contributed by atoms with Gasteiger partial charge in [0.15, 0.2) is 0 Å². The van der Waals surface area contributed by atoms with E-state index in [1.807, 2.05) is 0 Å². The van der Waals surface area contributed by atoms with Crippen LogP contribution in [0.5, 0.6) is 0 Å². The molecule has 2 atom stereocenters. The lowest BCUT2D eigenvalue weighted by Gasteiger charge is -2.27. The molecule has 1 aliphatic carbocycles. The molecule has 2 unspecified atom stereocenters. The van der Waals surface area contributed by atoms with Crippen molar-refractivity contribution in [3.05, 3.63) is 0 Å². The summed E-state index contributed by atoms with van der Waals surface area (Å²) in [5.74, 6) is 1.15. The first-order chi connectivity index (χ1) is 9.25. The maximum atomic E-state index is 11.8. The molecule has 0 aromatic carbocycles.